The van der Waals surface area contributed by atoms with Crippen LogP contribution in [0.4, 0.5) is 0 Å². The molecule has 0 aliphatic carbocycles. The number of unbranched alkanes of at least 4 members (excludes halogenated alkanes) is 14. The van der Waals surface area contributed by atoms with Crippen molar-refractivity contribution in [2.75, 3.05) is 13.2 Å². The molecule has 6 nitrogen and oxygen atoms in total. The highest BCUT2D eigenvalue weighted by molar-refractivity contribution is 5.72. The van der Waals surface area contributed by atoms with Crippen LogP contribution in [0.1, 0.15) is 213 Å². The van der Waals surface area contributed by atoms with Crippen LogP contribution in [0.15, 0.2) is 134 Å². The van der Waals surface area contributed by atoms with Crippen LogP contribution in [0.3, 0.4) is 0 Å². The molecule has 67 heavy (non-hydrogen) atoms. The van der Waals surface area contributed by atoms with Crippen molar-refractivity contribution < 1.29 is 28.6 Å². The third-order valence-corrected chi connectivity index (χ3v) is 10.7. The van der Waals surface area contributed by atoms with Gasteiger partial charge in [0.2, 0.25) is 0 Å². The van der Waals surface area contributed by atoms with Gasteiger partial charge in [0, 0.05) is 12.8 Å². The van der Waals surface area contributed by atoms with Crippen LogP contribution in [0.2, 0.25) is 0 Å². The fraction of sp³-hybridized carbons (Fsp3) is 0.590. The third-order valence-electron chi connectivity index (χ3n) is 10.7. The number of esters is 3. The molecule has 0 saturated carbocycles. The second-order valence-corrected chi connectivity index (χ2v) is 17.0. The summed E-state index contributed by atoms with van der Waals surface area (Å²) in [5, 5.41) is 0. The number of allylic oxidation sites excluding steroid dienone is 21. The quantitative estimate of drug-likeness (QED) is 0.0262. The zero-order chi connectivity index (χ0) is 48.6. The Bertz CT molecular complexity index is 1480. The molecule has 0 spiro atoms. The van der Waals surface area contributed by atoms with Crippen molar-refractivity contribution in [3.8, 4) is 0 Å². The second kappa shape index (κ2) is 54.2. The largest absolute Gasteiger partial charge is 0.462 e. The molecule has 0 aromatic rings. The average molecular weight is 925 g/mol. The minimum absolute atomic E-state index is 0.0828. The van der Waals surface area contributed by atoms with Crippen LogP contribution >= 0.6 is 0 Å². The van der Waals surface area contributed by atoms with Gasteiger partial charge in [-0.1, -0.05) is 231 Å². The Kier molecular flexibility index (Phi) is 50.6. The van der Waals surface area contributed by atoms with E-state index in [4.69, 9.17) is 14.2 Å². The Labute approximate surface area is 411 Å². The number of carbonyl (C=O) groups is 3. The molecular weight excluding hydrogens is 829 g/mol. The van der Waals surface area contributed by atoms with Crippen LogP contribution in [-0.4, -0.2) is 37.2 Å². The summed E-state index contributed by atoms with van der Waals surface area (Å²) in [7, 11) is 0. The summed E-state index contributed by atoms with van der Waals surface area (Å²) in [4.78, 5) is 38.0. The molecule has 376 valence electrons. The second-order valence-electron chi connectivity index (χ2n) is 17.0. The van der Waals surface area contributed by atoms with E-state index < -0.39 is 12.1 Å². The standard InChI is InChI=1S/C61H96O6/c1-4-7-10-13-16-19-22-25-27-28-29-30-31-32-34-36-39-42-45-48-51-54-60(63)66-57-58(56-65-59(62)53-50-47-44-41-38-35-24-21-18-15-12-9-6-3)67-61(64)55-52-49-46-43-40-37-33-26-23-20-17-14-11-8-5-2/h7-8,10-11,16-17,19-20,25-27,29-30,32-34,39-40,42-43,49,52,58H,4-6,9,12-15,18,21-24,28,31,35-38,41,44-48,50-51,53-57H2,1-3H3/b10-7-,11-8-,19-16-,20-17-,27-25-,30-29-,33-26-,34-32-,42-39-,43-40-,52-49-. The average Bonchev–Trinajstić information content (AvgIpc) is 3.33. The summed E-state index contributed by atoms with van der Waals surface area (Å²) >= 11 is 0. The van der Waals surface area contributed by atoms with Gasteiger partial charge in [-0.3, -0.25) is 14.4 Å². The summed E-state index contributed by atoms with van der Waals surface area (Å²) in [5.41, 5.74) is 0. The lowest BCUT2D eigenvalue weighted by molar-refractivity contribution is -0.166. The number of carbonyl (C=O) groups excluding carboxylic acids is 3. The summed E-state index contributed by atoms with van der Waals surface area (Å²) in [5.74, 6) is -1.12. The van der Waals surface area contributed by atoms with Gasteiger partial charge in [0.1, 0.15) is 13.2 Å². The van der Waals surface area contributed by atoms with E-state index >= 15 is 0 Å². The van der Waals surface area contributed by atoms with E-state index in [1.165, 1.54) is 64.2 Å². The highest BCUT2D eigenvalue weighted by atomic mass is 16.6. The van der Waals surface area contributed by atoms with Gasteiger partial charge in [-0.2, -0.15) is 0 Å². The van der Waals surface area contributed by atoms with Gasteiger partial charge in [0.25, 0.3) is 0 Å². The summed E-state index contributed by atoms with van der Waals surface area (Å²) in [6.45, 7) is 6.27. The molecule has 0 radical (unpaired) electrons. The smallest absolute Gasteiger partial charge is 0.310 e. The molecule has 6 heteroatoms. The number of ether oxygens (including phenoxy) is 3. The normalized spacial score (nSPS) is 13.2. The molecule has 1 atom stereocenters. The minimum atomic E-state index is -0.853. The topological polar surface area (TPSA) is 78.9 Å². The third kappa shape index (κ3) is 52.4. The van der Waals surface area contributed by atoms with E-state index in [-0.39, 0.29) is 38.0 Å². The maximum absolute atomic E-state index is 12.7. The van der Waals surface area contributed by atoms with E-state index in [0.717, 1.165) is 96.3 Å². The summed E-state index contributed by atoms with van der Waals surface area (Å²) in [6, 6.07) is 0. The zero-order valence-corrected chi connectivity index (χ0v) is 42.9. The molecule has 0 bridgehead atoms. The Morgan fingerprint density at radius 1 is 0.328 bits per heavy atom. The molecule has 0 saturated heterocycles. The number of hydrogen-bond donors (Lipinski definition) is 0. The molecule has 0 aromatic carbocycles. The maximum Gasteiger partial charge on any atom is 0.310 e. The Morgan fingerprint density at radius 2 is 0.627 bits per heavy atom. The van der Waals surface area contributed by atoms with Crippen molar-refractivity contribution in [3.63, 3.8) is 0 Å². The first-order chi connectivity index (χ1) is 33.0. The van der Waals surface area contributed by atoms with Gasteiger partial charge in [-0.05, 0) is 96.3 Å². The van der Waals surface area contributed by atoms with Gasteiger partial charge in [0.15, 0.2) is 6.10 Å². The lowest BCUT2D eigenvalue weighted by Crippen LogP contribution is -2.30. The number of hydrogen-bond acceptors (Lipinski definition) is 6. The van der Waals surface area contributed by atoms with Crippen molar-refractivity contribution in [2.24, 2.45) is 0 Å². The molecule has 0 amide bonds. The fourth-order valence-electron chi connectivity index (χ4n) is 6.75. The van der Waals surface area contributed by atoms with E-state index in [1.54, 1.807) is 6.08 Å². The van der Waals surface area contributed by atoms with E-state index in [0.29, 0.717) is 19.3 Å². The van der Waals surface area contributed by atoms with Gasteiger partial charge >= 0.3 is 17.9 Å². The molecule has 0 fully saturated rings. The van der Waals surface area contributed by atoms with Gasteiger partial charge in [0.05, 0.1) is 6.42 Å². The Morgan fingerprint density at radius 3 is 0.985 bits per heavy atom. The first-order valence-electron chi connectivity index (χ1n) is 26.7. The first kappa shape index (κ1) is 62.5. The van der Waals surface area contributed by atoms with Crippen molar-refractivity contribution in [2.45, 2.75) is 219 Å². The molecule has 0 heterocycles. The Hall–Kier alpha value is -4.45. The van der Waals surface area contributed by atoms with Gasteiger partial charge < -0.3 is 14.2 Å². The fourth-order valence-corrected chi connectivity index (χ4v) is 6.75. The predicted molar refractivity (Wildman–Crippen MR) is 288 cm³/mol. The van der Waals surface area contributed by atoms with Crippen molar-refractivity contribution in [1.29, 1.82) is 0 Å². The van der Waals surface area contributed by atoms with Crippen LogP contribution in [-0.2, 0) is 28.6 Å². The lowest BCUT2D eigenvalue weighted by atomic mass is 10.0. The predicted octanol–water partition coefficient (Wildman–Crippen LogP) is 17.9. The van der Waals surface area contributed by atoms with Crippen LogP contribution in [0.5, 0.6) is 0 Å². The maximum atomic E-state index is 12.7. The van der Waals surface area contributed by atoms with Gasteiger partial charge in [-0.25, -0.2) is 0 Å². The molecular formula is C61H96O6. The SMILES string of the molecule is CC/C=C\C/C=C\C/C=C\C/C=C\C/C=C\C/C=C\CCCCC(=O)OCC(COC(=O)CCCCCCCCCCCCCCC)OC(=O)C/C=C\C/C=C\C/C=C\C/C=C\C/C=C\CC. The van der Waals surface area contributed by atoms with Crippen LogP contribution in [0, 0.1) is 0 Å². The van der Waals surface area contributed by atoms with Crippen molar-refractivity contribution >= 4 is 17.9 Å². The van der Waals surface area contributed by atoms with Crippen LogP contribution in [0.25, 0.3) is 0 Å². The van der Waals surface area contributed by atoms with Crippen molar-refractivity contribution in [1.82, 2.24) is 0 Å². The minimum Gasteiger partial charge on any atom is -0.462 e. The first-order valence-corrected chi connectivity index (χ1v) is 26.7. The van der Waals surface area contributed by atoms with E-state index in [2.05, 4.69) is 142 Å². The molecule has 0 aliphatic heterocycles. The number of rotatable bonds is 46. The zero-order valence-electron chi connectivity index (χ0n) is 42.9. The van der Waals surface area contributed by atoms with Gasteiger partial charge in [-0.15, -0.1) is 0 Å². The Balaban J connectivity index is 4.58. The monoisotopic (exact) mass is 925 g/mol. The molecule has 1 unspecified atom stereocenters. The molecule has 0 rings (SSSR count). The molecule has 0 N–H and O–H groups in total. The molecule has 0 aromatic heterocycles. The summed E-state index contributed by atoms with van der Waals surface area (Å²) < 4.78 is 16.7. The molecule has 0 aliphatic rings. The van der Waals surface area contributed by atoms with Crippen LogP contribution < -0.4 is 0 Å². The van der Waals surface area contributed by atoms with E-state index in [9.17, 15) is 14.4 Å². The lowest BCUT2D eigenvalue weighted by Gasteiger charge is -2.18. The summed E-state index contributed by atoms with van der Waals surface area (Å²) in [6.07, 6.45) is 76.1. The van der Waals surface area contributed by atoms with E-state index in [1.807, 2.05) is 6.08 Å². The highest BCUT2D eigenvalue weighted by Gasteiger charge is 2.19. The highest BCUT2D eigenvalue weighted by Crippen LogP contribution is 2.14. The van der Waals surface area contributed by atoms with Crippen molar-refractivity contribution in [3.05, 3.63) is 134 Å².